The van der Waals surface area contributed by atoms with Crippen molar-refractivity contribution in [2.45, 2.75) is 32.2 Å². The normalized spacial score (nSPS) is 16.5. The van der Waals surface area contributed by atoms with Crippen LogP contribution in [-0.4, -0.2) is 57.7 Å². The number of anilines is 1. The fraction of sp³-hybridized carbons (Fsp3) is 0.556. The van der Waals surface area contributed by atoms with E-state index in [9.17, 15) is 22.4 Å². The van der Waals surface area contributed by atoms with Gasteiger partial charge >= 0.3 is 5.97 Å². The van der Waals surface area contributed by atoms with Gasteiger partial charge in [-0.15, -0.1) is 0 Å². The number of carbonyl (C=O) groups is 2. The number of rotatable bonds is 6. The third kappa shape index (κ3) is 4.94. The van der Waals surface area contributed by atoms with Crippen molar-refractivity contribution in [2.75, 3.05) is 30.8 Å². The summed E-state index contributed by atoms with van der Waals surface area (Å²) in [5, 5.41) is -0.229. The van der Waals surface area contributed by atoms with Crippen LogP contribution in [0.1, 0.15) is 26.2 Å². The van der Waals surface area contributed by atoms with E-state index in [4.69, 9.17) is 16.3 Å². The van der Waals surface area contributed by atoms with E-state index in [1.54, 1.807) is 11.8 Å². The zero-order chi connectivity index (χ0) is 21.1. The third-order valence-corrected chi connectivity index (χ3v) is 6.28. The van der Waals surface area contributed by atoms with Crippen molar-refractivity contribution in [3.05, 3.63) is 29.0 Å². The first-order valence-electron chi connectivity index (χ1n) is 8.91. The summed E-state index contributed by atoms with van der Waals surface area (Å²) in [5.41, 5.74) is 0.124. The summed E-state index contributed by atoms with van der Waals surface area (Å²) < 4.78 is 44.1. The van der Waals surface area contributed by atoms with Crippen LogP contribution >= 0.6 is 11.6 Å². The molecule has 0 saturated carbocycles. The fourth-order valence-corrected chi connectivity index (χ4v) is 4.75. The fourth-order valence-electron chi connectivity index (χ4n) is 3.38. The van der Waals surface area contributed by atoms with Crippen LogP contribution in [0.4, 0.5) is 10.1 Å². The zero-order valence-corrected chi connectivity index (χ0v) is 17.6. The number of piperidine rings is 1. The predicted molar refractivity (Wildman–Crippen MR) is 104 cm³/mol. The molecular weight excluding hydrogens is 411 g/mol. The van der Waals surface area contributed by atoms with E-state index in [1.807, 2.05) is 0 Å². The highest BCUT2D eigenvalue weighted by Gasteiger charge is 2.36. The quantitative estimate of drug-likeness (QED) is 0.642. The molecule has 2 rings (SSSR count). The minimum atomic E-state index is -3.84. The van der Waals surface area contributed by atoms with Crippen molar-refractivity contribution < 1.29 is 27.1 Å². The van der Waals surface area contributed by atoms with Gasteiger partial charge in [0.25, 0.3) is 0 Å². The van der Waals surface area contributed by atoms with Gasteiger partial charge in [0.15, 0.2) is 0 Å². The van der Waals surface area contributed by atoms with Gasteiger partial charge in [-0.05, 0) is 37.5 Å². The maximum atomic E-state index is 13.5. The highest BCUT2D eigenvalue weighted by atomic mass is 35.5. The average molecular weight is 435 g/mol. The largest absolute Gasteiger partial charge is 0.469 e. The number of hydrogen-bond acceptors (Lipinski definition) is 5. The molecule has 28 heavy (non-hydrogen) atoms. The van der Waals surface area contributed by atoms with Crippen molar-refractivity contribution in [1.29, 1.82) is 0 Å². The molecule has 7 nitrogen and oxygen atoms in total. The molecular formula is C18H24ClFN2O5S. The van der Waals surface area contributed by atoms with Crippen LogP contribution in [0.3, 0.4) is 0 Å². The molecule has 0 spiro atoms. The zero-order valence-electron chi connectivity index (χ0n) is 16.0. The molecule has 1 fully saturated rings. The van der Waals surface area contributed by atoms with Crippen molar-refractivity contribution in [3.63, 3.8) is 0 Å². The molecule has 0 aliphatic carbocycles. The number of amides is 1. The van der Waals surface area contributed by atoms with Crippen LogP contribution in [0.25, 0.3) is 0 Å². The van der Waals surface area contributed by atoms with Crippen LogP contribution in [0.15, 0.2) is 18.2 Å². The van der Waals surface area contributed by atoms with E-state index in [1.165, 1.54) is 19.2 Å². The number of carbonyl (C=O) groups excluding carboxylic acids is 2. The summed E-state index contributed by atoms with van der Waals surface area (Å²) in [5.74, 6) is -1.62. The van der Waals surface area contributed by atoms with E-state index in [2.05, 4.69) is 0 Å². The number of benzene rings is 1. The minimum absolute atomic E-state index is 0.124. The monoisotopic (exact) mass is 434 g/mol. The van der Waals surface area contributed by atoms with Crippen molar-refractivity contribution in [3.8, 4) is 0 Å². The number of halogens is 2. The first kappa shape index (κ1) is 22.4. The molecule has 0 N–H and O–H groups in total. The second kappa shape index (κ2) is 9.09. The Morgan fingerprint density at radius 3 is 2.43 bits per heavy atom. The molecule has 1 aromatic carbocycles. The SMILES string of the molecule is CC[C@@H](C(=O)N1CCC(C(=O)OC)CC1)N(c1ccc(F)c(Cl)c1)S(C)(=O)=O. The Balaban J connectivity index is 2.28. The lowest BCUT2D eigenvalue weighted by Crippen LogP contribution is -2.52. The topological polar surface area (TPSA) is 84.0 Å². The summed E-state index contributed by atoms with van der Waals surface area (Å²) in [7, 11) is -2.52. The van der Waals surface area contributed by atoms with Crippen LogP contribution in [-0.2, 0) is 24.3 Å². The summed E-state index contributed by atoms with van der Waals surface area (Å²) in [6.45, 7) is 2.36. The number of nitrogens with zero attached hydrogens (tertiary/aromatic N) is 2. The highest BCUT2D eigenvalue weighted by molar-refractivity contribution is 7.92. The van der Waals surface area contributed by atoms with Gasteiger partial charge < -0.3 is 9.64 Å². The molecule has 1 aliphatic heterocycles. The van der Waals surface area contributed by atoms with Gasteiger partial charge in [-0.3, -0.25) is 13.9 Å². The van der Waals surface area contributed by atoms with Crippen LogP contribution in [0.2, 0.25) is 5.02 Å². The van der Waals surface area contributed by atoms with Gasteiger partial charge in [-0.25, -0.2) is 12.8 Å². The number of likely N-dealkylation sites (tertiary alicyclic amines) is 1. The summed E-state index contributed by atoms with van der Waals surface area (Å²) in [6, 6.07) is 2.54. The van der Waals surface area contributed by atoms with Gasteiger partial charge in [0.1, 0.15) is 11.9 Å². The van der Waals surface area contributed by atoms with Gasteiger partial charge in [0, 0.05) is 13.1 Å². The van der Waals surface area contributed by atoms with E-state index < -0.39 is 21.9 Å². The van der Waals surface area contributed by atoms with Gasteiger partial charge in [-0.1, -0.05) is 18.5 Å². The molecule has 1 amide bonds. The molecule has 0 aromatic heterocycles. The van der Waals surface area contributed by atoms with E-state index in [-0.39, 0.29) is 34.9 Å². The first-order chi connectivity index (χ1) is 13.1. The summed E-state index contributed by atoms with van der Waals surface area (Å²) in [6.07, 6.45) is 2.12. The van der Waals surface area contributed by atoms with Gasteiger partial charge in [0.2, 0.25) is 15.9 Å². The number of sulfonamides is 1. The Hall–Kier alpha value is -1.87. The molecule has 0 unspecified atom stereocenters. The number of methoxy groups -OCH3 is 1. The lowest BCUT2D eigenvalue weighted by molar-refractivity contribution is -0.149. The van der Waals surface area contributed by atoms with Gasteiger partial charge in [0.05, 0.1) is 30.0 Å². The molecule has 1 aromatic rings. The smallest absolute Gasteiger partial charge is 0.308 e. The van der Waals surface area contributed by atoms with Crippen molar-refractivity contribution >= 4 is 39.2 Å². The predicted octanol–water partition coefficient (Wildman–Crippen LogP) is 2.44. The van der Waals surface area contributed by atoms with Crippen LogP contribution in [0.5, 0.6) is 0 Å². The Bertz CT molecular complexity index is 840. The van der Waals surface area contributed by atoms with E-state index in [0.29, 0.717) is 25.9 Å². The lowest BCUT2D eigenvalue weighted by Gasteiger charge is -2.37. The Morgan fingerprint density at radius 2 is 1.96 bits per heavy atom. The summed E-state index contributed by atoms with van der Waals surface area (Å²) >= 11 is 5.81. The molecule has 10 heteroatoms. The van der Waals surface area contributed by atoms with E-state index in [0.717, 1.165) is 16.6 Å². The Morgan fingerprint density at radius 1 is 1.36 bits per heavy atom. The molecule has 1 aliphatic rings. The molecule has 1 atom stereocenters. The first-order valence-corrected chi connectivity index (χ1v) is 11.1. The van der Waals surface area contributed by atoms with Crippen LogP contribution < -0.4 is 4.31 Å². The molecule has 156 valence electrons. The second-order valence-electron chi connectivity index (χ2n) is 6.70. The molecule has 0 radical (unpaired) electrons. The molecule has 0 bridgehead atoms. The maximum Gasteiger partial charge on any atom is 0.308 e. The van der Waals surface area contributed by atoms with Crippen molar-refractivity contribution in [1.82, 2.24) is 4.90 Å². The number of ether oxygens (including phenoxy) is 1. The van der Waals surface area contributed by atoms with E-state index >= 15 is 0 Å². The van der Waals surface area contributed by atoms with Gasteiger partial charge in [-0.2, -0.15) is 0 Å². The molecule has 1 saturated heterocycles. The molecule has 1 heterocycles. The highest BCUT2D eigenvalue weighted by Crippen LogP contribution is 2.29. The Labute approximate surface area is 169 Å². The average Bonchev–Trinajstić information content (AvgIpc) is 2.66. The minimum Gasteiger partial charge on any atom is -0.469 e. The van der Waals surface area contributed by atoms with Crippen molar-refractivity contribution in [2.24, 2.45) is 5.92 Å². The van der Waals surface area contributed by atoms with Crippen LogP contribution in [0, 0.1) is 11.7 Å². The number of esters is 1. The lowest BCUT2D eigenvalue weighted by atomic mass is 9.96. The second-order valence-corrected chi connectivity index (χ2v) is 8.97. The third-order valence-electron chi connectivity index (χ3n) is 4.81. The maximum absolute atomic E-state index is 13.5. The number of hydrogen-bond donors (Lipinski definition) is 0. The Kier molecular flexibility index (Phi) is 7.28. The standard InChI is InChI=1S/C18H24ClFN2O5S/c1-4-16(17(23)21-9-7-12(8-10-21)18(24)27-2)22(28(3,25)26)13-5-6-15(20)14(19)11-13/h5-6,11-12,16H,4,7-10H2,1-3H3/t16-/m0/s1. The summed E-state index contributed by atoms with van der Waals surface area (Å²) in [4.78, 5) is 26.3.